The molecule has 4 nitrogen and oxygen atoms in total. The zero-order valence-electron chi connectivity index (χ0n) is 11.2. The topological polar surface area (TPSA) is 38.2 Å². The fourth-order valence-electron chi connectivity index (χ4n) is 2.23. The van der Waals surface area contributed by atoms with E-state index in [0.29, 0.717) is 17.9 Å². The van der Waals surface area contributed by atoms with Gasteiger partial charge >= 0.3 is 0 Å². The highest BCUT2D eigenvalue weighted by molar-refractivity contribution is 6.28. The lowest BCUT2D eigenvalue weighted by atomic mass is 10.1. The lowest BCUT2D eigenvalue weighted by Gasteiger charge is -2.31. The molecule has 0 bridgehead atoms. The van der Waals surface area contributed by atoms with Gasteiger partial charge in [0.15, 0.2) is 0 Å². The van der Waals surface area contributed by atoms with Crippen molar-refractivity contribution in [3.63, 3.8) is 0 Å². The monoisotopic (exact) mass is 269 g/mol. The van der Waals surface area contributed by atoms with E-state index in [9.17, 15) is 0 Å². The van der Waals surface area contributed by atoms with Gasteiger partial charge in [0.05, 0.1) is 6.61 Å². The van der Waals surface area contributed by atoms with E-state index in [1.165, 1.54) is 12.8 Å². The van der Waals surface area contributed by atoms with Gasteiger partial charge in [0, 0.05) is 31.5 Å². The number of aromatic nitrogens is 2. The Morgan fingerprint density at radius 3 is 2.89 bits per heavy atom. The zero-order chi connectivity index (χ0) is 13.1. The molecule has 0 spiro atoms. The Kier molecular flexibility index (Phi) is 4.40. The molecule has 1 heterocycles. The lowest BCUT2D eigenvalue weighted by molar-refractivity contribution is 0.202. The van der Waals surface area contributed by atoms with Gasteiger partial charge in [-0.15, -0.1) is 0 Å². The largest absolute Gasteiger partial charge is 0.383 e. The average molecular weight is 270 g/mol. The molecule has 1 saturated carbocycles. The minimum Gasteiger partial charge on any atom is -0.383 e. The Labute approximate surface area is 113 Å². The summed E-state index contributed by atoms with van der Waals surface area (Å²) in [5, 5.41) is 0.306. The molecule has 2 rings (SSSR count). The molecule has 1 aromatic rings. The molecule has 1 aliphatic carbocycles. The molecule has 0 saturated heterocycles. The number of anilines is 1. The molecule has 1 fully saturated rings. The minimum atomic E-state index is 0.306. The highest BCUT2D eigenvalue weighted by Crippen LogP contribution is 2.37. The lowest BCUT2D eigenvalue weighted by Crippen LogP contribution is -2.38. The fourth-order valence-corrected chi connectivity index (χ4v) is 2.36. The quantitative estimate of drug-likeness (QED) is 0.745. The summed E-state index contributed by atoms with van der Waals surface area (Å²) in [4.78, 5) is 10.7. The highest BCUT2D eigenvalue weighted by atomic mass is 35.5. The summed E-state index contributed by atoms with van der Waals surface area (Å²) in [7, 11) is 1.72. The molecule has 1 aliphatic rings. The van der Waals surface area contributed by atoms with Crippen molar-refractivity contribution in [3.05, 3.63) is 17.0 Å². The summed E-state index contributed by atoms with van der Waals surface area (Å²) in [6.07, 6.45) is 4.40. The second kappa shape index (κ2) is 5.85. The van der Waals surface area contributed by atoms with E-state index in [1.807, 2.05) is 6.92 Å². The van der Waals surface area contributed by atoms with Gasteiger partial charge in [-0.1, -0.05) is 0 Å². The first-order valence-corrected chi connectivity index (χ1v) is 6.76. The highest BCUT2D eigenvalue weighted by Gasteiger charge is 2.33. The number of hydrogen-bond acceptors (Lipinski definition) is 4. The molecule has 0 aromatic carbocycles. The number of halogens is 1. The number of hydrogen-bond donors (Lipinski definition) is 0. The van der Waals surface area contributed by atoms with Crippen molar-refractivity contribution in [2.75, 3.05) is 25.2 Å². The summed E-state index contributed by atoms with van der Waals surface area (Å²) in [5.74, 6) is 1.71. The molecule has 18 heavy (non-hydrogen) atoms. The molecule has 1 unspecified atom stereocenters. The van der Waals surface area contributed by atoms with Crippen LogP contribution in [-0.4, -0.2) is 36.3 Å². The Bertz CT molecular complexity index is 409. The molecular weight excluding hydrogens is 250 g/mol. The first-order chi connectivity index (χ1) is 8.63. The number of aryl methyl sites for hydroxylation is 1. The van der Waals surface area contributed by atoms with Crippen molar-refractivity contribution in [1.82, 2.24) is 9.97 Å². The van der Waals surface area contributed by atoms with E-state index in [0.717, 1.165) is 23.8 Å². The normalized spacial score (nSPS) is 16.7. The van der Waals surface area contributed by atoms with Crippen molar-refractivity contribution in [1.29, 1.82) is 0 Å². The molecule has 0 aliphatic heterocycles. The van der Waals surface area contributed by atoms with Gasteiger partial charge in [0.25, 0.3) is 0 Å². The van der Waals surface area contributed by atoms with Crippen LogP contribution >= 0.6 is 11.6 Å². The average Bonchev–Trinajstić information content (AvgIpc) is 3.17. The van der Waals surface area contributed by atoms with E-state index in [1.54, 1.807) is 13.3 Å². The molecule has 0 radical (unpaired) electrons. The first-order valence-electron chi connectivity index (χ1n) is 6.38. The number of nitrogens with zero attached hydrogens (tertiary/aromatic N) is 3. The maximum atomic E-state index is 5.91. The van der Waals surface area contributed by atoms with Crippen LogP contribution in [0, 0.1) is 12.8 Å². The van der Waals surface area contributed by atoms with E-state index in [4.69, 9.17) is 16.3 Å². The summed E-state index contributed by atoms with van der Waals surface area (Å²) < 4.78 is 5.20. The summed E-state index contributed by atoms with van der Waals surface area (Å²) in [5.41, 5.74) is 1.06. The van der Waals surface area contributed by atoms with Crippen LogP contribution in [0.5, 0.6) is 0 Å². The van der Waals surface area contributed by atoms with Crippen LogP contribution in [0.15, 0.2) is 6.20 Å². The van der Waals surface area contributed by atoms with Crippen LogP contribution in [0.25, 0.3) is 0 Å². The maximum Gasteiger partial charge on any atom is 0.224 e. The van der Waals surface area contributed by atoms with Gasteiger partial charge in [-0.2, -0.15) is 0 Å². The van der Waals surface area contributed by atoms with Gasteiger partial charge in [0.2, 0.25) is 5.28 Å². The van der Waals surface area contributed by atoms with Crippen LogP contribution in [0.2, 0.25) is 5.28 Å². The smallest absolute Gasteiger partial charge is 0.224 e. The molecular formula is C13H20ClN3O. The van der Waals surface area contributed by atoms with Gasteiger partial charge < -0.3 is 9.64 Å². The van der Waals surface area contributed by atoms with Crippen molar-refractivity contribution in [2.45, 2.75) is 32.7 Å². The van der Waals surface area contributed by atoms with E-state index >= 15 is 0 Å². The first kappa shape index (κ1) is 13.6. The molecule has 5 heteroatoms. The van der Waals surface area contributed by atoms with Gasteiger partial charge in [-0.3, -0.25) is 0 Å². The van der Waals surface area contributed by atoms with Gasteiger partial charge in [-0.25, -0.2) is 9.97 Å². The van der Waals surface area contributed by atoms with Gasteiger partial charge in [-0.05, 0) is 44.2 Å². The maximum absolute atomic E-state index is 5.91. The summed E-state index contributed by atoms with van der Waals surface area (Å²) >= 11 is 5.91. The van der Waals surface area contributed by atoms with Crippen molar-refractivity contribution in [3.8, 4) is 0 Å². The standard InChI is InChI=1S/C13H20ClN3O/c1-9-8-15-13(14)16-12(9)17(6-7-18-3)10(2)11-4-5-11/h8,10-11H,4-7H2,1-3H3. The van der Waals surface area contributed by atoms with Crippen LogP contribution < -0.4 is 4.90 Å². The van der Waals surface area contributed by atoms with E-state index < -0.39 is 0 Å². The van der Waals surface area contributed by atoms with E-state index in [2.05, 4.69) is 21.8 Å². The van der Waals surface area contributed by atoms with Crippen molar-refractivity contribution in [2.24, 2.45) is 5.92 Å². The number of methoxy groups -OCH3 is 1. The number of rotatable bonds is 6. The third-order valence-electron chi connectivity index (χ3n) is 3.52. The predicted molar refractivity (Wildman–Crippen MR) is 73.2 cm³/mol. The summed E-state index contributed by atoms with van der Waals surface area (Å²) in [6.45, 7) is 5.80. The second-order valence-corrected chi connectivity index (χ2v) is 5.25. The minimum absolute atomic E-state index is 0.306. The Hall–Kier alpha value is -0.870. The van der Waals surface area contributed by atoms with Crippen molar-refractivity contribution >= 4 is 17.4 Å². The van der Waals surface area contributed by atoms with Crippen LogP contribution in [0.3, 0.4) is 0 Å². The fraction of sp³-hybridized carbons (Fsp3) is 0.692. The van der Waals surface area contributed by atoms with Crippen LogP contribution in [0.1, 0.15) is 25.3 Å². The van der Waals surface area contributed by atoms with Crippen LogP contribution in [0.4, 0.5) is 5.82 Å². The molecule has 1 aromatic heterocycles. The summed E-state index contributed by atoms with van der Waals surface area (Å²) in [6, 6.07) is 0.477. The third kappa shape index (κ3) is 3.12. The molecule has 0 N–H and O–H groups in total. The zero-order valence-corrected chi connectivity index (χ0v) is 11.9. The second-order valence-electron chi connectivity index (χ2n) is 4.91. The Morgan fingerprint density at radius 1 is 1.56 bits per heavy atom. The van der Waals surface area contributed by atoms with E-state index in [-0.39, 0.29) is 0 Å². The molecule has 100 valence electrons. The Morgan fingerprint density at radius 2 is 2.28 bits per heavy atom. The van der Waals surface area contributed by atoms with Crippen molar-refractivity contribution < 1.29 is 4.74 Å². The molecule has 1 atom stereocenters. The van der Waals surface area contributed by atoms with Gasteiger partial charge in [0.1, 0.15) is 5.82 Å². The van der Waals surface area contributed by atoms with Crippen LogP contribution in [-0.2, 0) is 4.74 Å². The number of ether oxygens (including phenoxy) is 1. The molecule has 0 amide bonds. The Balaban J connectivity index is 2.22. The third-order valence-corrected chi connectivity index (χ3v) is 3.70. The SMILES string of the molecule is COCCN(c1nc(Cl)ncc1C)C(C)C1CC1. The predicted octanol–water partition coefficient (Wildman–Crippen LogP) is 2.69.